The first-order valence-electron chi connectivity index (χ1n) is 4.14. The zero-order valence-electron chi connectivity index (χ0n) is 7.88. The zero-order chi connectivity index (χ0) is 11.5. The Morgan fingerprint density at radius 1 is 1.27 bits per heavy atom. The van der Waals surface area contributed by atoms with Crippen molar-refractivity contribution < 1.29 is 13.0 Å². The van der Waals surface area contributed by atoms with Gasteiger partial charge in [-0.2, -0.15) is 8.42 Å². The van der Waals surface area contributed by atoms with Gasteiger partial charge in [0, 0.05) is 5.75 Å². The van der Waals surface area contributed by atoms with Gasteiger partial charge >= 0.3 is 9.15 Å². The molecule has 5 N–H and O–H groups in total. The van der Waals surface area contributed by atoms with Crippen LogP contribution in [0.4, 0.5) is 11.4 Å². The minimum atomic E-state index is -3.95. The highest BCUT2D eigenvalue weighted by Gasteiger charge is 2.05. The second-order valence-electron chi connectivity index (χ2n) is 2.96. The van der Waals surface area contributed by atoms with Crippen LogP contribution in [0.25, 0.3) is 0 Å². The second-order valence-corrected chi connectivity index (χ2v) is 6.43. The van der Waals surface area contributed by atoms with Gasteiger partial charge in [0.05, 0.1) is 11.4 Å². The van der Waals surface area contributed by atoms with Crippen molar-refractivity contribution in [3.8, 4) is 0 Å². The molecule has 0 saturated carbocycles. The molecule has 0 fully saturated rings. The van der Waals surface area contributed by atoms with E-state index < -0.39 is 9.15 Å². The third-order valence-corrected chi connectivity index (χ3v) is 3.84. The fourth-order valence-corrected chi connectivity index (χ4v) is 2.46. The summed E-state index contributed by atoms with van der Waals surface area (Å²) in [5.74, 6) is 0.280. The largest absolute Gasteiger partial charge is 0.397 e. The number of hydrogen-bond donors (Lipinski definition) is 3. The number of hydrogen-bond acceptors (Lipinski definition) is 5. The van der Waals surface area contributed by atoms with Crippen LogP contribution < -0.4 is 11.5 Å². The molecule has 1 aromatic carbocycles. The van der Waals surface area contributed by atoms with Crippen molar-refractivity contribution in [2.45, 2.75) is 6.42 Å². The van der Waals surface area contributed by atoms with Crippen LogP contribution in [0.15, 0.2) is 18.2 Å². The maximum Gasteiger partial charge on any atom is 0.319 e. The van der Waals surface area contributed by atoms with Gasteiger partial charge in [-0.3, -0.25) is 4.55 Å². The summed E-state index contributed by atoms with van der Waals surface area (Å²) in [5.41, 5.74) is 13.0. The van der Waals surface area contributed by atoms with Crippen molar-refractivity contribution in [3.63, 3.8) is 0 Å². The maximum atomic E-state index is 10.4. The van der Waals surface area contributed by atoms with Gasteiger partial charge < -0.3 is 11.5 Å². The maximum absolute atomic E-state index is 10.4. The highest BCUT2D eigenvalue weighted by Crippen LogP contribution is 2.18. The fourth-order valence-electron chi connectivity index (χ4n) is 1.04. The number of anilines is 2. The van der Waals surface area contributed by atoms with Crippen LogP contribution in [-0.4, -0.2) is 18.7 Å². The third-order valence-electron chi connectivity index (χ3n) is 1.77. The lowest BCUT2D eigenvalue weighted by atomic mass is 10.1. The Kier molecular flexibility index (Phi) is 3.83. The van der Waals surface area contributed by atoms with Crippen LogP contribution in [0.1, 0.15) is 5.56 Å². The molecular formula is C8H12N2O3S2. The fraction of sp³-hybridized carbons (Fsp3) is 0.250. The molecule has 84 valence electrons. The van der Waals surface area contributed by atoms with Crippen LogP contribution in [0, 0.1) is 0 Å². The Morgan fingerprint density at radius 2 is 1.93 bits per heavy atom. The average Bonchev–Trinajstić information content (AvgIpc) is 2.09. The molecule has 1 rings (SSSR count). The SMILES string of the molecule is Nc1ccc(CCSS(=O)(=O)O)cc1N. The van der Waals surface area contributed by atoms with Gasteiger partial charge in [-0.25, -0.2) is 0 Å². The van der Waals surface area contributed by atoms with E-state index in [0.717, 1.165) is 5.56 Å². The molecule has 0 saturated heterocycles. The molecule has 5 nitrogen and oxygen atoms in total. The topological polar surface area (TPSA) is 106 Å². The summed E-state index contributed by atoms with van der Waals surface area (Å²) in [6.07, 6.45) is 0.509. The normalized spacial score (nSPS) is 11.5. The summed E-state index contributed by atoms with van der Waals surface area (Å²) in [5, 5.41) is 0. The monoisotopic (exact) mass is 248 g/mol. The van der Waals surface area contributed by atoms with Crippen LogP contribution in [0.5, 0.6) is 0 Å². The molecule has 0 bridgehead atoms. The predicted molar refractivity (Wildman–Crippen MR) is 63.0 cm³/mol. The molecule has 0 unspecified atom stereocenters. The average molecular weight is 248 g/mol. The highest BCUT2D eigenvalue weighted by atomic mass is 33.1. The summed E-state index contributed by atoms with van der Waals surface area (Å²) in [7, 11) is -3.46. The van der Waals surface area contributed by atoms with E-state index in [9.17, 15) is 8.42 Å². The molecule has 0 atom stereocenters. The second kappa shape index (κ2) is 4.73. The van der Waals surface area contributed by atoms with Gasteiger partial charge in [-0.05, 0) is 34.9 Å². The Labute approximate surface area is 92.0 Å². The summed E-state index contributed by atoms with van der Waals surface area (Å²) >= 11 is 0. The van der Waals surface area contributed by atoms with Gasteiger partial charge in [-0.1, -0.05) is 6.07 Å². The number of nitrogens with two attached hydrogens (primary N) is 2. The molecule has 0 amide bonds. The standard InChI is InChI=1S/C8H12N2O3S2/c9-7-2-1-6(5-8(7)10)3-4-14-15(11,12)13/h1-2,5H,3-4,9-10H2,(H,11,12,13). The lowest BCUT2D eigenvalue weighted by Crippen LogP contribution is -1.98. The highest BCUT2D eigenvalue weighted by molar-refractivity contribution is 8.69. The van der Waals surface area contributed by atoms with E-state index in [4.69, 9.17) is 16.0 Å². The molecular weight excluding hydrogens is 236 g/mol. The molecule has 0 radical (unpaired) electrons. The first-order chi connectivity index (χ1) is 6.88. The van der Waals surface area contributed by atoms with Crippen LogP contribution in [0.3, 0.4) is 0 Å². The molecule has 0 aliphatic heterocycles. The molecule has 0 spiro atoms. The third kappa shape index (κ3) is 4.41. The minimum absolute atomic E-state index is 0.280. The van der Waals surface area contributed by atoms with Crippen molar-refractivity contribution in [2.24, 2.45) is 0 Å². The lowest BCUT2D eigenvalue weighted by molar-refractivity contribution is 0.503. The first-order valence-corrected chi connectivity index (χ1v) is 7.08. The van der Waals surface area contributed by atoms with Crippen molar-refractivity contribution in [1.29, 1.82) is 0 Å². The van der Waals surface area contributed by atoms with E-state index in [1.807, 2.05) is 0 Å². The van der Waals surface area contributed by atoms with E-state index >= 15 is 0 Å². The molecule has 15 heavy (non-hydrogen) atoms. The van der Waals surface area contributed by atoms with E-state index in [0.29, 0.717) is 28.6 Å². The van der Waals surface area contributed by atoms with E-state index in [-0.39, 0.29) is 5.75 Å². The van der Waals surface area contributed by atoms with Crippen LogP contribution in [0.2, 0.25) is 0 Å². The smallest absolute Gasteiger partial charge is 0.319 e. The molecule has 1 aromatic rings. The Hall–Kier alpha value is -0.920. The zero-order valence-corrected chi connectivity index (χ0v) is 9.51. The van der Waals surface area contributed by atoms with Gasteiger partial charge in [-0.15, -0.1) is 0 Å². The summed E-state index contributed by atoms with van der Waals surface area (Å²) < 4.78 is 29.3. The number of benzene rings is 1. The van der Waals surface area contributed by atoms with Gasteiger partial charge in [0.1, 0.15) is 0 Å². The molecule has 7 heteroatoms. The summed E-state index contributed by atoms with van der Waals surface area (Å²) in [6, 6.07) is 5.14. The molecule has 0 aliphatic rings. The Bertz CT molecular complexity index is 445. The lowest BCUT2D eigenvalue weighted by Gasteiger charge is -2.03. The molecule has 0 heterocycles. The van der Waals surface area contributed by atoms with Crippen molar-refractivity contribution >= 4 is 31.3 Å². The van der Waals surface area contributed by atoms with E-state index in [2.05, 4.69) is 0 Å². The van der Waals surface area contributed by atoms with Crippen molar-refractivity contribution in [3.05, 3.63) is 23.8 Å². The van der Waals surface area contributed by atoms with E-state index in [1.165, 1.54) is 0 Å². The minimum Gasteiger partial charge on any atom is -0.397 e. The Morgan fingerprint density at radius 3 is 2.47 bits per heavy atom. The summed E-state index contributed by atoms with van der Waals surface area (Å²) in [6.45, 7) is 0. The van der Waals surface area contributed by atoms with Crippen molar-refractivity contribution in [2.75, 3.05) is 17.2 Å². The summed E-state index contributed by atoms with van der Waals surface area (Å²) in [4.78, 5) is 0. The first kappa shape index (κ1) is 12.2. The number of nitrogen functional groups attached to an aromatic ring is 2. The predicted octanol–water partition coefficient (Wildman–Crippen LogP) is 0.930. The number of rotatable bonds is 4. The molecule has 0 aliphatic carbocycles. The van der Waals surface area contributed by atoms with Gasteiger partial charge in [0.15, 0.2) is 0 Å². The van der Waals surface area contributed by atoms with Crippen LogP contribution >= 0.6 is 10.8 Å². The van der Waals surface area contributed by atoms with Crippen LogP contribution in [-0.2, 0) is 15.6 Å². The van der Waals surface area contributed by atoms with E-state index in [1.54, 1.807) is 18.2 Å². The Balaban J connectivity index is 2.55. The van der Waals surface area contributed by atoms with Crippen molar-refractivity contribution in [1.82, 2.24) is 0 Å². The molecule has 0 aromatic heterocycles. The quantitative estimate of drug-likeness (QED) is 0.416. The number of aryl methyl sites for hydroxylation is 1. The van der Waals surface area contributed by atoms with Gasteiger partial charge in [0.2, 0.25) is 0 Å². The van der Waals surface area contributed by atoms with Gasteiger partial charge in [0.25, 0.3) is 0 Å².